The average molecular weight is 444 g/mol. The zero-order valence-electron chi connectivity index (χ0n) is 18.5. The number of fused-ring (bicyclic) bond motifs is 1. The molecule has 0 spiro atoms. The fourth-order valence-corrected chi connectivity index (χ4v) is 4.18. The van der Waals surface area contributed by atoms with Crippen molar-refractivity contribution < 1.29 is 19.2 Å². The van der Waals surface area contributed by atoms with Gasteiger partial charge in [-0.25, -0.2) is 4.68 Å². The van der Waals surface area contributed by atoms with E-state index in [4.69, 9.17) is 9.47 Å². The third-order valence-electron chi connectivity index (χ3n) is 5.92. The van der Waals surface area contributed by atoms with E-state index in [0.717, 1.165) is 36.7 Å². The maximum atomic E-state index is 13.1. The first-order valence-electron chi connectivity index (χ1n) is 10.7. The van der Waals surface area contributed by atoms with Gasteiger partial charge < -0.3 is 19.7 Å². The summed E-state index contributed by atoms with van der Waals surface area (Å²) in [7, 11) is 1.63. The SMILES string of the molecule is CCC(Nc1c([N+](=O)[O-])c(C)nn1C)C(=O)N1CCN(Cc2ccc3c(c2)OCO3)CC1. The number of anilines is 1. The van der Waals surface area contributed by atoms with Gasteiger partial charge in [-0.3, -0.25) is 19.8 Å². The molecule has 0 saturated carbocycles. The molecule has 2 aliphatic heterocycles. The van der Waals surface area contributed by atoms with Gasteiger partial charge in [0, 0.05) is 39.8 Å². The molecule has 1 aromatic heterocycles. The van der Waals surface area contributed by atoms with Crippen LogP contribution in [-0.4, -0.2) is 69.4 Å². The number of nitrogens with one attached hydrogen (secondary N) is 1. The van der Waals surface area contributed by atoms with Crippen molar-refractivity contribution in [1.82, 2.24) is 19.6 Å². The van der Waals surface area contributed by atoms with Crippen LogP contribution in [0.2, 0.25) is 0 Å². The van der Waals surface area contributed by atoms with Gasteiger partial charge in [-0.05, 0) is 31.0 Å². The minimum atomic E-state index is -0.552. The number of rotatable bonds is 7. The summed E-state index contributed by atoms with van der Waals surface area (Å²) in [6.07, 6.45) is 0.512. The number of nitrogens with zero attached hydrogens (tertiary/aromatic N) is 5. The highest BCUT2D eigenvalue weighted by Gasteiger charge is 2.31. The van der Waals surface area contributed by atoms with E-state index < -0.39 is 11.0 Å². The van der Waals surface area contributed by atoms with Gasteiger partial charge in [0.05, 0.1) is 4.92 Å². The normalized spacial score (nSPS) is 16.8. The summed E-state index contributed by atoms with van der Waals surface area (Å²) in [5.41, 5.74) is 1.37. The molecule has 3 heterocycles. The minimum absolute atomic E-state index is 0.0524. The number of hydrogen-bond acceptors (Lipinski definition) is 8. The van der Waals surface area contributed by atoms with Crippen LogP contribution in [0.3, 0.4) is 0 Å². The molecule has 1 atom stereocenters. The number of carbonyl (C=O) groups is 1. The molecule has 11 nitrogen and oxygen atoms in total. The van der Waals surface area contributed by atoms with Crippen LogP contribution in [0.1, 0.15) is 24.6 Å². The van der Waals surface area contributed by atoms with Crippen molar-refractivity contribution in [2.75, 3.05) is 38.3 Å². The molecule has 0 bridgehead atoms. The van der Waals surface area contributed by atoms with Crippen LogP contribution in [0, 0.1) is 17.0 Å². The van der Waals surface area contributed by atoms with E-state index in [2.05, 4.69) is 15.3 Å². The predicted octanol–water partition coefficient (Wildman–Crippen LogP) is 1.90. The van der Waals surface area contributed by atoms with Crippen LogP contribution in [-0.2, 0) is 18.4 Å². The standard InChI is InChI=1S/C21H28N6O5/c1-4-16(22-20-19(27(29)30)14(2)23-24(20)3)21(28)26-9-7-25(8-10-26)12-15-5-6-17-18(11-15)32-13-31-17/h5-6,11,16,22H,4,7-10,12-13H2,1-3H3. The Bertz CT molecular complexity index is 1010. The van der Waals surface area contributed by atoms with Gasteiger partial charge in [-0.2, -0.15) is 5.10 Å². The molecular weight excluding hydrogens is 416 g/mol. The Morgan fingerprint density at radius 1 is 1.25 bits per heavy atom. The lowest BCUT2D eigenvalue weighted by molar-refractivity contribution is -0.384. The lowest BCUT2D eigenvalue weighted by atomic mass is 10.1. The summed E-state index contributed by atoms with van der Waals surface area (Å²) in [4.78, 5) is 28.2. The Kier molecular flexibility index (Phi) is 6.17. The molecule has 2 aliphatic rings. The second-order valence-electron chi connectivity index (χ2n) is 8.06. The zero-order chi connectivity index (χ0) is 22.8. The van der Waals surface area contributed by atoms with Crippen molar-refractivity contribution in [3.8, 4) is 11.5 Å². The Morgan fingerprint density at radius 3 is 2.66 bits per heavy atom. The number of hydrogen-bond donors (Lipinski definition) is 1. The van der Waals surface area contributed by atoms with E-state index in [0.29, 0.717) is 25.2 Å². The number of amides is 1. The fourth-order valence-electron chi connectivity index (χ4n) is 4.18. The minimum Gasteiger partial charge on any atom is -0.454 e. The number of benzene rings is 1. The van der Waals surface area contributed by atoms with Crippen LogP contribution in [0.4, 0.5) is 11.5 Å². The van der Waals surface area contributed by atoms with Crippen molar-refractivity contribution >= 4 is 17.4 Å². The molecule has 1 N–H and O–H groups in total. The molecule has 172 valence electrons. The Labute approximate surface area is 186 Å². The van der Waals surface area contributed by atoms with Gasteiger partial charge in [0.15, 0.2) is 11.5 Å². The summed E-state index contributed by atoms with van der Waals surface area (Å²) in [5, 5.41) is 18.6. The number of carbonyl (C=O) groups excluding carboxylic acids is 1. The first kappa shape index (κ1) is 21.9. The average Bonchev–Trinajstić information content (AvgIpc) is 3.35. The number of ether oxygens (including phenoxy) is 2. The third-order valence-corrected chi connectivity index (χ3v) is 5.92. The van der Waals surface area contributed by atoms with E-state index in [1.165, 1.54) is 4.68 Å². The smallest absolute Gasteiger partial charge is 0.333 e. The van der Waals surface area contributed by atoms with Crippen molar-refractivity contribution in [2.24, 2.45) is 7.05 Å². The summed E-state index contributed by atoms with van der Waals surface area (Å²) in [6, 6.07) is 5.41. The number of aryl methyl sites for hydroxylation is 2. The second-order valence-corrected chi connectivity index (χ2v) is 8.06. The van der Waals surface area contributed by atoms with Crippen molar-refractivity contribution in [2.45, 2.75) is 32.9 Å². The van der Waals surface area contributed by atoms with Gasteiger partial charge in [0.1, 0.15) is 11.7 Å². The third kappa shape index (κ3) is 4.33. The molecule has 1 fully saturated rings. The zero-order valence-corrected chi connectivity index (χ0v) is 18.5. The summed E-state index contributed by atoms with van der Waals surface area (Å²) in [5.74, 6) is 1.75. The monoisotopic (exact) mass is 444 g/mol. The maximum Gasteiger partial charge on any atom is 0.333 e. The molecule has 2 aromatic rings. The topological polar surface area (TPSA) is 115 Å². The van der Waals surface area contributed by atoms with E-state index in [-0.39, 0.29) is 24.2 Å². The predicted molar refractivity (Wildman–Crippen MR) is 117 cm³/mol. The Hall–Kier alpha value is -3.34. The number of piperazine rings is 1. The molecule has 0 aliphatic carbocycles. The molecule has 32 heavy (non-hydrogen) atoms. The van der Waals surface area contributed by atoms with Crippen molar-refractivity contribution in [3.63, 3.8) is 0 Å². The molecule has 4 rings (SSSR count). The van der Waals surface area contributed by atoms with Crippen LogP contribution in [0.5, 0.6) is 11.5 Å². The van der Waals surface area contributed by atoms with Crippen LogP contribution < -0.4 is 14.8 Å². The quantitative estimate of drug-likeness (QED) is 0.509. The highest BCUT2D eigenvalue weighted by Crippen LogP contribution is 2.33. The molecule has 11 heteroatoms. The highest BCUT2D eigenvalue weighted by atomic mass is 16.7. The van der Waals surface area contributed by atoms with Gasteiger partial charge in [-0.15, -0.1) is 0 Å². The van der Waals surface area contributed by atoms with Gasteiger partial charge in [-0.1, -0.05) is 13.0 Å². The highest BCUT2D eigenvalue weighted by molar-refractivity contribution is 5.85. The maximum absolute atomic E-state index is 13.1. The van der Waals surface area contributed by atoms with E-state index in [1.54, 1.807) is 14.0 Å². The van der Waals surface area contributed by atoms with Crippen LogP contribution >= 0.6 is 0 Å². The first-order valence-corrected chi connectivity index (χ1v) is 10.7. The Balaban J connectivity index is 1.35. The van der Waals surface area contributed by atoms with E-state index >= 15 is 0 Å². The molecular formula is C21H28N6O5. The number of nitro groups is 1. The van der Waals surface area contributed by atoms with Crippen molar-refractivity contribution in [1.29, 1.82) is 0 Å². The van der Waals surface area contributed by atoms with Gasteiger partial charge >= 0.3 is 5.69 Å². The first-order chi connectivity index (χ1) is 15.4. The number of aromatic nitrogens is 2. The lowest BCUT2D eigenvalue weighted by Gasteiger charge is -2.36. The van der Waals surface area contributed by atoms with E-state index in [1.807, 2.05) is 30.0 Å². The largest absolute Gasteiger partial charge is 0.454 e. The fraction of sp³-hybridized carbons (Fsp3) is 0.524. The Morgan fingerprint density at radius 2 is 1.97 bits per heavy atom. The molecule has 1 aromatic carbocycles. The molecule has 1 unspecified atom stereocenters. The summed E-state index contributed by atoms with van der Waals surface area (Å²) >= 11 is 0. The lowest BCUT2D eigenvalue weighted by Crippen LogP contribution is -2.52. The van der Waals surface area contributed by atoms with Gasteiger partial charge in [0.25, 0.3) is 0 Å². The molecule has 1 amide bonds. The van der Waals surface area contributed by atoms with Crippen LogP contribution in [0.25, 0.3) is 0 Å². The molecule has 1 saturated heterocycles. The van der Waals surface area contributed by atoms with Gasteiger partial charge in [0.2, 0.25) is 18.5 Å². The van der Waals surface area contributed by atoms with Crippen molar-refractivity contribution in [3.05, 3.63) is 39.6 Å². The summed E-state index contributed by atoms with van der Waals surface area (Å²) < 4.78 is 12.2. The van der Waals surface area contributed by atoms with E-state index in [9.17, 15) is 14.9 Å². The van der Waals surface area contributed by atoms with Crippen LogP contribution in [0.15, 0.2) is 18.2 Å². The second kappa shape index (κ2) is 9.03. The summed E-state index contributed by atoms with van der Waals surface area (Å²) in [6.45, 7) is 7.22. The molecule has 0 radical (unpaired) electrons.